The third kappa shape index (κ3) is 6.88. The van der Waals surface area contributed by atoms with Crippen molar-refractivity contribution in [3.8, 4) is 0 Å². The number of hydrogen-bond acceptors (Lipinski definition) is 7. The maximum Gasteiger partial charge on any atom is 0.330 e. The lowest BCUT2D eigenvalue weighted by Crippen LogP contribution is -2.38. The number of hydrogen-bond donors (Lipinski definition) is 1. The van der Waals surface area contributed by atoms with Gasteiger partial charge < -0.3 is 19.3 Å². The summed E-state index contributed by atoms with van der Waals surface area (Å²) in [6, 6.07) is 0. The fraction of sp³-hybridized carbons (Fsp3) is 0.588. The lowest BCUT2D eigenvalue weighted by Gasteiger charge is -2.29. The van der Waals surface area contributed by atoms with Gasteiger partial charge in [0.1, 0.15) is 25.9 Å². The predicted molar refractivity (Wildman–Crippen MR) is 89.7 cm³/mol. The van der Waals surface area contributed by atoms with Crippen LogP contribution in [0.25, 0.3) is 0 Å². The van der Waals surface area contributed by atoms with E-state index in [1.165, 1.54) is 0 Å². The Hall–Kier alpha value is -1.86. The van der Waals surface area contributed by atoms with Crippen LogP contribution in [0.15, 0.2) is 24.8 Å². The first-order valence-corrected chi connectivity index (χ1v) is 8.47. The maximum atomic E-state index is 12.3. The van der Waals surface area contributed by atoms with Gasteiger partial charge in [0.2, 0.25) is 0 Å². The summed E-state index contributed by atoms with van der Waals surface area (Å²) in [5.41, 5.74) is 0. The monoisotopic (exact) mass is 374 g/mol. The second-order valence-corrected chi connectivity index (χ2v) is 5.98. The number of aliphatic hydroxyl groups excluding tert-OH is 1. The van der Waals surface area contributed by atoms with Crippen molar-refractivity contribution in [2.75, 3.05) is 25.7 Å². The van der Waals surface area contributed by atoms with E-state index in [0.717, 1.165) is 6.08 Å². The molecule has 0 aromatic heterocycles. The quantitative estimate of drug-likeness (QED) is 0.162. The van der Waals surface area contributed by atoms with Gasteiger partial charge in [-0.1, -0.05) is 25.7 Å². The molecule has 1 rings (SSSR count). The van der Waals surface area contributed by atoms with E-state index in [1.807, 2.05) is 13.0 Å². The fourth-order valence-electron chi connectivity index (χ4n) is 2.42. The van der Waals surface area contributed by atoms with E-state index in [4.69, 9.17) is 25.8 Å². The first-order valence-electron chi connectivity index (χ1n) is 7.93. The molecule has 1 N–H and O–H groups in total. The number of allylic oxidation sites excluding steroid dienone is 1. The largest absolute Gasteiger partial charge is 0.462 e. The molecule has 4 atom stereocenters. The van der Waals surface area contributed by atoms with Crippen molar-refractivity contribution < 1.29 is 33.7 Å². The van der Waals surface area contributed by atoms with Crippen molar-refractivity contribution in [2.45, 2.75) is 19.4 Å². The van der Waals surface area contributed by atoms with E-state index in [2.05, 4.69) is 6.58 Å². The summed E-state index contributed by atoms with van der Waals surface area (Å²) in [6.45, 7) is 4.65. The minimum Gasteiger partial charge on any atom is -0.462 e. The summed E-state index contributed by atoms with van der Waals surface area (Å²) in [4.78, 5) is 35.5. The number of halogens is 1. The molecule has 0 aliphatic heterocycles. The second-order valence-electron chi connectivity index (χ2n) is 5.67. The van der Waals surface area contributed by atoms with Gasteiger partial charge in [0.05, 0.1) is 17.7 Å². The predicted octanol–water partition coefficient (Wildman–Crippen LogP) is 1.23. The van der Waals surface area contributed by atoms with Crippen molar-refractivity contribution >= 4 is 29.5 Å². The molecule has 8 heteroatoms. The van der Waals surface area contributed by atoms with Crippen LogP contribution < -0.4 is 0 Å². The number of carbonyl (C=O) groups excluding carboxylic acids is 3. The van der Waals surface area contributed by atoms with Crippen LogP contribution >= 0.6 is 11.6 Å². The summed E-state index contributed by atoms with van der Waals surface area (Å²) in [5, 5.41) is 9.37. The third-order valence-corrected chi connectivity index (χ3v) is 4.09. The van der Waals surface area contributed by atoms with Crippen LogP contribution in [0.3, 0.4) is 0 Å². The van der Waals surface area contributed by atoms with E-state index < -0.39 is 35.8 Å². The van der Waals surface area contributed by atoms with Crippen LogP contribution in [-0.2, 0) is 28.6 Å². The highest BCUT2D eigenvalue weighted by Crippen LogP contribution is 2.32. The molecule has 0 heterocycles. The number of esters is 3. The van der Waals surface area contributed by atoms with Crippen molar-refractivity contribution in [2.24, 2.45) is 17.8 Å². The standard InChI is InChI=1S/C17H23ClO7/c1-3-14(20)23-7-8-24-17(22)15-11(2)5-4-6-13(15)16(21)25-10-12(19)9-18/h3-4,6,11-13,15,19H,1,5,7-10H2,2H3. The smallest absolute Gasteiger partial charge is 0.330 e. The van der Waals surface area contributed by atoms with Gasteiger partial charge in [0, 0.05) is 6.08 Å². The fourth-order valence-corrected chi connectivity index (χ4v) is 2.51. The maximum absolute atomic E-state index is 12.3. The van der Waals surface area contributed by atoms with Crippen molar-refractivity contribution in [1.82, 2.24) is 0 Å². The molecule has 1 aliphatic rings. The number of rotatable bonds is 9. The van der Waals surface area contributed by atoms with Gasteiger partial charge in [-0.2, -0.15) is 0 Å². The first kappa shape index (κ1) is 21.2. The third-order valence-electron chi connectivity index (χ3n) is 3.73. The molecule has 25 heavy (non-hydrogen) atoms. The Balaban J connectivity index is 2.61. The molecule has 0 fully saturated rings. The molecule has 140 valence electrons. The topological polar surface area (TPSA) is 99.1 Å². The van der Waals surface area contributed by atoms with Crippen molar-refractivity contribution in [3.05, 3.63) is 24.8 Å². The van der Waals surface area contributed by atoms with Gasteiger partial charge in [-0.25, -0.2) is 4.79 Å². The van der Waals surface area contributed by atoms with Crippen LogP contribution in [-0.4, -0.2) is 54.8 Å². The van der Waals surface area contributed by atoms with E-state index in [1.54, 1.807) is 6.08 Å². The van der Waals surface area contributed by atoms with Crippen molar-refractivity contribution in [3.63, 3.8) is 0 Å². The van der Waals surface area contributed by atoms with Gasteiger partial charge in [-0.15, -0.1) is 11.6 Å². The highest BCUT2D eigenvalue weighted by atomic mass is 35.5. The molecule has 0 amide bonds. The molecule has 0 bridgehead atoms. The Morgan fingerprint density at radius 2 is 1.96 bits per heavy atom. The molecule has 1 aliphatic carbocycles. The Morgan fingerprint density at radius 1 is 1.28 bits per heavy atom. The first-order chi connectivity index (χ1) is 11.9. The molecular formula is C17H23ClO7. The van der Waals surface area contributed by atoms with Crippen molar-refractivity contribution in [1.29, 1.82) is 0 Å². The zero-order valence-electron chi connectivity index (χ0n) is 14.1. The number of carbonyl (C=O) groups is 3. The normalized spacial score (nSPS) is 23.4. The lowest BCUT2D eigenvalue weighted by molar-refractivity contribution is -0.164. The SMILES string of the molecule is C=CC(=O)OCCOC(=O)C1C(C)CC=CC1C(=O)OCC(O)CCl. The number of aliphatic hydroxyl groups is 1. The van der Waals surface area contributed by atoms with Gasteiger partial charge >= 0.3 is 17.9 Å². The van der Waals surface area contributed by atoms with Crippen LogP contribution in [0.2, 0.25) is 0 Å². The molecule has 0 saturated carbocycles. The summed E-state index contributed by atoms with van der Waals surface area (Å²) in [5.74, 6) is -3.47. The van der Waals surface area contributed by atoms with Gasteiger partial charge in [0.25, 0.3) is 0 Å². The highest BCUT2D eigenvalue weighted by Gasteiger charge is 2.40. The minimum atomic E-state index is -0.958. The van der Waals surface area contributed by atoms with Crippen LogP contribution in [0, 0.1) is 17.8 Å². The second kappa shape index (κ2) is 10.9. The van der Waals surface area contributed by atoms with E-state index >= 15 is 0 Å². The molecule has 0 aromatic carbocycles. The van der Waals surface area contributed by atoms with Crippen LogP contribution in [0.4, 0.5) is 0 Å². The molecule has 7 nitrogen and oxygen atoms in total. The van der Waals surface area contributed by atoms with Gasteiger partial charge in [-0.3, -0.25) is 9.59 Å². The summed E-state index contributed by atoms with van der Waals surface area (Å²) < 4.78 is 14.9. The van der Waals surface area contributed by atoms with Gasteiger partial charge in [0.15, 0.2) is 0 Å². The summed E-state index contributed by atoms with van der Waals surface area (Å²) in [7, 11) is 0. The van der Waals surface area contributed by atoms with E-state index in [0.29, 0.717) is 6.42 Å². The highest BCUT2D eigenvalue weighted by molar-refractivity contribution is 6.18. The molecule has 0 saturated heterocycles. The van der Waals surface area contributed by atoms with Crippen LogP contribution in [0.5, 0.6) is 0 Å². The average Bonchev–Trinajstić information content (AvgIpc) is 2.62. The zero-order chi connectivity index (χ0) is 18.8. The van der Waals surface area contributed by atoms with E-state index in [-0.39, 0.29) is 31.6 Å². The average molecular weight is 375 g/mol. The molecule has 0 radical (unpaired) electrons. The molecule has 0 aromatic rings. The minimum absolute atomic E-state index is 0.0565. The van der Waals surface area contributed by atoms with E-state index in [9.17, 15) is 19.5 Å². The molecule has 0 spiro atoms. The number of alkyl halides is 1. The summed E-state index contributed by atoms with van der Waals surface area (Å²) >= 11 is 5.46. The van der Waals surface area contributed by atoms with Gasteiger partial charge in [-0.05, 0) is 12.3 Å². The summed E-state index contributed by atoms with van der Waals surface area (Å²) in [6.07, 6.45) is 4.10. The molecular weight excluding hydrogens is 352 g/mol. The Kier molecular flexibility index (Phi) is 9.23. The lowest BCUT2D eigenvalue weighted by atomic mass is 9.76. The number of ether oxygens (including phenoxy) is 3. The Morgan fingerprint density at radius 3 is 2.60 bits per heavy atom. The van der Waals surface area contributed by atoms with Crippen LogP contribution in [0.1, 0.15) is 13.3 Å². The zero-order valence-corrected chi connectivity index (χ0v) is 14.8. The Bertz CT molecular complexity index is 517. The Labute approximate surface area is 151 Å². The molecule has 4 unspecified atom stereocenters.